The molecule has 0 aliphatic heterocycles. The quantitative estimate of drug-likeness (QED) is 0.577. The summed E-state index contributed by atoms with van der Waals surface area (Å²) < 4.78 is 45.0. The molecule has 0 unspecified atom stereocenters. The number of hydrogen-bond donors (Lipinski definition) is 1. The summed E-state index contributed by atoms with van der Waals surface area (Å²) in [6.45, 7) is 1.67. The van der Waals surface area contributed by atoms with Crippen molar-refractivity contribution < 1.29 is 17.6 Å². The van der Waals surface area contributed by atoms with Gasteiger partial charge in [0.1, 0.15) is 0 Å². The first-order chi connectivity index (χ1) is 11.9. The topological polar surface area (TPSA) is 67.6 Å². The van der Waals surface area contributed by atoms with E-state index < -0.39 is 11.7 Å². The second-order valence-corrected chi connectivity index (χ2v) is 5.56. The Morgan fingerprint density at radius 2 is 1.84 bits per heavy atom. The molecule has 1 N–H and O–H groups in total. The Bertz CT molecular complexity index is 1070. The van der Waals surface area contributed by atoms with Gasteiger partial charge in [0.2, 0.25) is 11.8 Å². The monoisotopic (exact) mass is 344 g/mol. The van der Waals surface area contributed by atoms with Crippen LogP contribution in [0.4, 0.5) is 13.2 Å². The maximum atomic E-state index is 13.2. The lowest BCUT2D eigenvalue weighted by Crippen LogP contribution is -2.05. The van der Waals surface area contributed by atoms with E-state index in [0.29, 0.717) is 39.4 Å². The molecule has 0 aliphatic carbocycles. The summed E-state index contributed by atoms with van der Waals surface area (Å²) in [4.78, 5) is 0. The standard InChI is InChI=1S/C17H11F3N4O/c1-9-22-24-16(25-9)11-4-2-3-10(5-11)13-6-12(17(18,19)20)7-15-14(13)8-21-23-15/h2-8H,1H3,(H,21,23). The zero-order chi connectivity index (χ0) is 17.6. The number of halogens is 3. The van der Waals surface area contributed by atoms with Gasteiger partial charge in [-0.1, -0.05) is 12.1 Å². The number of nitrogens with zero attached hydrogens (tertiary/aromatic N) is 3. The molecule has 4 rings (SSSR count). The van der Waals surface area contributed by atoms with Gasteiger partial charge in [-0.25, -0.2) is 0 Å². The van der Waals surface area contributed by atoms with E-state index in [9.17, 15) is 13.2 Å². The second-order valence-electron chi connectivity index (χ2n) is 5.56. The van der Waals surface area contributed by atoms with Gasteiger partial charge in [-0.3, -0.25) is 5.10 Å². The summed E-state index contributed by atoms with van der Waals surface area (Å²) in [5.74, 6) is 0.728. The molecule has 4 aromatic rings. The highest BCUT2D eigenvalue weighted by molar-refractivity contribution is 5.95. The molecule has 0 radical (unpaired) electrons. The molecule has 0 amide bonds. The lowest BCUT2D eigenvalue weighted by Gasteiger charge is -2.11. The number of aromatic nitrogens is 4. The summed E-state index contributed by atoms with van der Waals surface area (Å²) in [6, 6.07) is 9.11. The highest BCUT2D eigenvalue weighted by Crippen LogP contribution is 2.37. The maximum absolute atomic E-state index is 13.2. The molecule has 5 nitrogen and oxygen atoms in total. The minimum atomic E-state index is -4.45. The number of nitrogens with one attached hydrogen (secondary N) is 1. The molecule has 0 saturated heterocycles. The van der Waals surface area contributed by atoms with Crippen LogP contribution in [0.5, 0.6) is 0 Å². The normalized spacial score (nSPS) is 12.0. The van der Waals surface area contributed by atoms with Gasteiger partial charge >= 0.3 is 6.18 Å². The molecule has 8 heteroatoms. The minimum Gasteiger partial charge on any atom is -0.421 e. The van der Waals surface area contributed by atoms with Crippen LogP contribution >= 0.6 is 0 Å². The van der Waals surface area contributed by atoms with Crippen molar-refractivity contribution in [2.24, 2.45) is 0 Å². The number of hydrogen-bond acceptors (Lipinski definition) is 4. The molecule has 0 saturated carbocycles. The first-order valence-electron chi connectivity index (χ1n) is 7.37. The highest BCUT2D eigenvalue weighted by atomic mass is 19.4. The predicted molar refractivity (Wildman–Crippen MR) is 84.6 cm³/mol. The first-order valence-corrected chi connectivity index (χ1v) is 7.37. The largest absolute Gasteiger partial charge is 0.421 e. The Hall–Kier alpha value is -3.16. The Morgan fingerprint density at radius 3 is 2.56 bits per heavy atom. The summed E-state index contributed by atoms with van der Waals surface area (Å²) in [7, 11) is 0. The smallest absolute Gasteiger partial charge is 0.416 e. The molecule has 0 aliphatic rings. The van der Waals surface area contributed by atoms with Crippen molar-refractivity contribution >= 4 is 10.9 Å². The van der Waals surface area contributed by atoms with Crippen LogP contribution in [0, 0.1) is 6.92 Å². The van der Waals surface area contributed by atoms with Crippen LogP contribution in [0.15, 0.2) is 47.0 Å². The maximum Gasteiger partial charge on any atom is 0.416 e. The molecule has 2 aromatic heterocycles. The van der Waals surface area contributed by atoms with Gasteiger partial charge in [-0.05, 0) is 35.4 Å². The lowest BCUT2D eigenvalue weighted by atomic mass is 9.97. The fourth-order valence-corrected chi connectivity index (χ4v) is 2.69. The number of alkyl halides is 3. The first kappa shape index (κ1) is 15.4. The summed E-state index contributed by atoms with van der Waals surface area (Å²) in [5, 5.41) is 14.8. The van der Waals surface area contributed by atoms with Crippen molar-refractivity contribution in [2.75, 3.05) is 0 Å². The van der Waals surface area contributed by atoms with Crippen LogP contribution in [0.1, 0.15) is 11.5 Å². The van der Waals surface area contributed by atoms with E-state index in [0.717, 1.165) is 12.1 Å². The summed E-state index contributed by atoms with van der Waals surface area (Å²) >= 11 is 0. The average Bonchev–Trinajstić information content (AvgIpc) is 3.21. The van der Waals surface area contributed by atoms with Gasteiger partial charge in [-0.2, -0.15) is 18.3 Å². The number of aryl methyl sites for hydroxylation is 1. The fraction of sp³-hybridized carbons (Fsp3) is 0.118. The molecule has 0 fully saturated rings. The molecule has 0 spiro atoms. The van der Waals surface area contributed by atoms with Crippen LogP contribution in [-0.2, 0) is 6.18 Å². The Labute approximate surface area is 139 Å². The van der Waals surface area contributed by atoms with Crippen molar-refractivity contribution in [2.45, 2.75) is 13.1 Å². The lowest BCUT2D eigenvalue weighted by molar-refractivity contribution is -0.137. The van der Waals surface area contributed by atoms with Crippen LogP contribution < -0.4 is 0 Å². The number of benzene rings is 2. The third kappa shape index (κ3) is 2.75. The Morgan fingerprint density at radius 1 is 1.04 bits per heavy atom. The third-order valence-electron chi connectivity index (χ3n) is 3.83. The summed E-state index contributed by atoms with van der Waals surface area (Å²) in [6.07, 6.45) is -2.94. The zero-order valence-corrected chi connectivity index (χ0v) is 12.9. The predicted octanol–water partition coefficient (Wildman–Crippen LogP) is 4.61. The highest BCUT2D eigenvalue weighted by Gasteiger charge is 2.31. The van der Waals surface area contributed by atoms with E-state index in [1.54, 1.807) is 31.2 Å². The number of H-pyrrole nitrogens is 1. The molecule has 0 bridgehead atoms. The summed E-state index contributed by atoms with van der Waals surface area (Å²) in [5.41, 5.74) is 1.25. The van der Waals surface area contributed by atoms with Gasteiger partial charge in [0.25, 0.3) is 0 Å². The van der Waals surface area contributed by atoms with Crippen molar-refractivity contribution in [1.82, 2.24) is 20.4 Å². The number of rotatable bonds is 2. The molecule has 25 heavy (non-hydrogen) atoms. The third-order valence-corrected chi connectivity index (χ3v) is 3.83. The van der Waals surface area contributed by atoms with Crippen molar-refractivity contribution in [3.63, 3.8) is 0 Å². The number of fused-ring (bicyclic) bond motifs is 1. The van der Waals surface area contributed by atoms with E-state index in [2.05, 4.69) is 20.4 Å². The van der Waals surface area contributed by atoms with E-state index >= 15 is 0 Å². The van der Waals surface area contributed by atoms with Gasteiger partial charge in [-0.15, -0.1) is 10.2 Å². The Balaban J connectivity index is 1.91. The van der Waals surface area contributed by atoms with Gasteiger partial charge in [0.15, 0.2) is 0 Å². The fourth-order valence-electron chi connectivity index (χ4n) is 2.69. The molecule has 2 aromatic carbocycles. The van der Waals surface area contributed by atoms with Gasteiger partial charge in [0.05, 0.1) is 17.3 Å². The minimum absolute atomic E-state index is 0.315. The SMILES string of the molecule is Cc1nnc(-c2cccc(-c3cc(C(F)(F)F)cc4[nH]ncc34)c2)o1. The zero-order valence-electron chi connectivity index (χ0n) is 12.9. The molecular weight excluding hydrogens is 333 g/mol. The van der Waals surface area contributed by atoms with Crippen LogP contribution in [0.2, 0.25) is 0 Å². The van der Waals surface area contributed by atoms with Gasteiger partial charge < -0.3 is 4.42 Å². The van der Waals surface area contributed by atoms with Crippen LogP contribution in [0.25, 0.3) is 33.5 Å². The van der Waals surface area contributed by atoms with Crippen molar-refractivity contribution in [1.29, 1.82) is 0 Å². The van der Waals surface area contributed by atoms with Crippen molar-refractivity contribution in [3.8, 4) is 22.6 Å². The van der Waals surface area contributed by atoms with E-state index in [1.165, 1.54) is 6.20 Å². The van der Waals surface area contributed by atoms with E-state index in [1.807, 2.05) is 0 Å². The second kappa shape index (κ2) is 5.44. The molecule has 0 atom stereocenters. The molecule has 126 valence electrons. The van der Waals surface area contributed by atoms with Gasteiger partial charge in [0, 0.05) is 17.9 Å². The molecule has 2 heterocycles. The molecular formula is C17H11F3N4O. The van der Waals surface area contributed by atoms with Crippen molar-refractivity contribution in [3.05, 3.63) is 54.0 Å². The van der Waals surface area contributed by atoms with Crippen LogP contribution in [-0.4, -0.2) is 20.4 Å². The average molecular weight is 344 g/mol. The Kier molecular flexibility index (Phi) is 3.34. The number of aromatic amines is 1. The van der Waals surface area contributed by atoms with Crippen LogP contribution in [0.3, 0.4) is 0 Å². The van der Waals surface area contributed by atoms with E-state index in [4.69, 9.17) is 4.42 Å². The van der Waals surface area contributed by atoms with E-state index in [-0.39, 0.29) is 0 Å².